The molecule has 1 aromatic carbocycles. The number of guanidine groups is 1. The Bertz CT molecular complexity index is 757. The van der Waals surface area contributed by atoms with Crippen LogP contribution in [0.25, 0.3) is 11.8 Å². The maximum Gasteiger partial charge on any atom is 0.256 e. The van der Waals surface area contributed by atoms with E-state index < -0.39 is 5.97 Å². The van der Waals surface area contributed by atoms with Crippen LogP contribution < -0.4 is 21.7 Å². The molecule has 1 aromatic heterocycles. The van der Waals surface area contributed by atoms with E-state index in [9.17, 15) is 0 Å². The van der Waals surface area contributed by atoms with E-state index in [-0.39, 0.29) is 5.96 Å². The van der Waals surface area contributed by atoms with Crippen molar-refractivity contribution < 1.29 is 15.0 Å². The minimum absolute atomic E-state index is 0.00811. The summed E-state index contributed by atoms with van der Waals surface area (Å²) in [4.78, 5) is 8.89. The highest BCUT2D eigenvalue weighted by molar-refractivity contribution is 9.10. The van der Waals surface area contributed by atoms with Crippen LogP contribution >= 0.6 is 15.9 Å². The van der Waals surface area contributed by atoms with Crippen molar-refractivity contribution in [1.82, 2.24) is 4.57 Å². The molecule has 24 heavy (non-hydrogen) atoms. The number of rotatable bonds is 4. The van der Waals surface area contributed by atoms with Gasteiger partial charge in [-0.2, -0.15) is 0 Å². The van der Waals surface area contributed by atoms with Gasteiger partial charge in [0, 0.05) is 33.5 Å². The van der Waals surface area contributed by atoms with Crippen LogP contribution in [0.5, 0.6) is 0 Å². The molecule has 7 nitrogen and oxygen atoms in total. The molecule has 2 aromatic rings. The Morgan fingerprint density at radius 2 is 1.96 bits per heavy atom. The first kappa shape index (κ1) is 19.2. The number of carbonyl (C=O) groups excluding carboxylic acids is 1. The van der Waals surface area contributed by atoms with E-state index in [1.165, 1.54) is 0 Å². The quantitative estimate of drug-likeness (QED) is 0.363. The number of carboxylic acid groups (broad SMARTS) is 1. The number of allylic oxidation sites excluding steroid dienone is 1. The molecule has 0 radical (unpaired) electrons. The van der Waals surface area contributed by atoms with Gasteiger partial charge < -0.3 is 25.9 Å². The fraction of sp³-hybridized carbons (Fsp3) is 0.0625. The molecule has 1 heterocycles. The molecule has 0 saturated heterocycles. The minimum Gasteiger partial charge on any atom is -0.550 e. The van der Waals surface area contributed by atoms with Gasteiger partial charge in [-0.15, -0.1) is 5.10 Å². The number of benzene rings is 1. The van der Waals surface area contributed by atoms with Gasteiger partial charge in [-0.1, -0.05) is 12.1 Å². The summed E-state index contributed by atoms with van der Waals surface area (Å²) in [6, 6.07) is 12.0. The van der Waals surface area contributed by atoms with Gasteiger partial charge in [0.1, 0.15) is 0 Å². The summed E-state index contributed by atoms with van der Waals surface area (Å²) in [5, 5.41) is 15.2. The first-order valence-corrected chi connectivity index (χ1v) is 7.65. The van der Waals surface area contributed by atoms with E-state index >= 15 is 0 Å². The summed E-state index contributed by atoms with van der Waals surface area (Å²) >= 11 is 3.55. The Labute approximate surface area is 148 Å². The lowest BCUT2D eigenvalue weighted by molar-refractivity contribution is -0.456. The number of nitrogens with two attached hydrogens (primary N) is 2. The molecule has 0 amide bonds. The van der Waals surface area contributed by atoms with Crippen molar-refractivity contribution >= 4 is 40.1 Å². The molecule has 8 heteroatoms. The molecule has 0 aliphatic carbocycles. The summed E-state index contributed by atoms with van der Waals surface area (Å²) in [5.41, 5.74) is 12.5. The van der Waals surface area contributed by atoms with Crippen molar-refractivity contribution in [3.8, 4) is 5.69 Å². The van der Waals surface area contributed by atoms with Crippen LogP contribution in [0.15, 0.2) is 58.2 Å². The van der Waals surface area contributed by atoms with Crippen LogP contribution in [-0.2, 0) is 4.79 Å². The predicted molar refractivity (Wildman–Crippen MR) is 96.0 cm³/mol. The fourth-order valence-electron chi connectivity index (χ4n) is 1.70. The highest BCUT2D eigenvalue weighted by Crippen LogP contribution is 2.22. The highest BCUT2D eigenvalue weighted by Gasteiger charge is 2.03. The van der Waals surface area contributed by atoms with Crippen LogP contribution in [0.4, 0.5) is 0 Å². The molecule has 5 N–H and O–H groups in total. The Hall–Kier alpha value is -2.87. The molecule has 0 fully saturated rings. The average Bonchev–Trinajstić information content (AvgIpc) is 2.95. The van der Waals surface area contributed by atoms with Crippen molar-refractivity contribution in [3.63, 3.8) is 0 Å². The molecule has 126 valence electrons. The minimum atomic E-state index is -1.08. The van der Waals surface area contributed by atoms with Gasteiger partial charge in [0.15, 0.2) is 6.21 Å². The van der Waals surface area contributed by atoms with Crippen molar-refractivity contribution in [1.29, 1.82) is 0 Å². The third-order valence-corrected chi connectivity index (χ3v) is 3.19. The number of hydrogen-bond acceptors (Lipinski definition) is 3. The molecular weight excluding hydrogens is 374 g/mol. The Balaban J connectivity index is 0.000000648. The van der Waals surface area contributed by atoms with Gasteiger partial charge >= 0.3 is 0 Å². The summed E-state index contributed by atoms with van der Waals surface area (Å²) < 4.78 is 3.11. The normalized spacial score (nSPS) is 10.4. The Morgan fingerprint density at radius 1 is 1.29 bits per heavy atom. The molecule has 0 unspecified atom stereocenters. The lowest BCUT2D eigenvalue weighted by Crippen LogP contribution is -2.63. The maximum absolute atomic E-state index is 8.89. The molecule has 0 aliphatic heterocycles. The molecule has 0 atom stereocenters. The van der Waals surface area contributed by atoms with Gasteiger partial charge in [-0.3, -0.25) is 0 Å². The van der Waals surface area contributed by atoms with E-state index in [1.807, 2.05) is 54.7 Å². The van der Waals surface area contributed by atoms with E-state index in [0.717, 1.165) is 22.8 Å². The average molecular weight is 392 g/mol. The number of nitrogens with one attached hydrogen (secondary N) is 1. The number of hydrazone groups is 1. The van der Waals surface area contributed by atoms with Crippen molar-refractivity contribution in [3.05, 3.63) is 58.8 Å². The molecule has 0 saturated carbocycles. The number of carboxylic acids is 1. The standard InChI is InChI=1S/C14H14BrN5.C2H4O2/c15-12-7-1-2-8-13(12)20-10-4-6-11(20)5-3-9-18-19-14(16)17;1-2(3)4/h1-10H,(H4,16,17,19);1H3,(H,3,4)/b5-3+,18-9+;. The summed E-state index contributed by atoms with van der Waals surface area (Å²) in [5.74, 6) is -1.09. The first-order chi connectivity index (χ1) is 11.4. The van der Waals surface area contributed by atoms with Crippen molar-refractivity contribution in [2.24, 2.45) is 16.6 Å². The molecule has 2 rings (SSSR count). The van der Waals surface area contributed by atoms with Crippen molar-refractivity contribution in [2.75, 3.05) is 0 Å². The molecule has 0 aliphatic rings. The fourth-order valence-corrected chi connectivity index (χ4v) is 2.17. The topological polar surface area (TPSA) is 123 Å². The van der Waals surface area contributed by atoms with Gasteiger partial charge in [-0.25, -0.2) is 0 Å². The van der Waals surface area contributed by atoms with Crippen molar-refractivity contribution in [2.45, 2.75) is 6.92 Å². The highest BCUT2D eigenvalue weighted by atomic mass is 79.9. The number of carbonyl (C=O) groups is 1. The SMILES string of the molecule is CC(=O)[O-].NC(N)=N/[NH+]=C/C=C/c1cccn1-c1ccccc1Br. The van der Waals surface area contributed by atoms with E-state index in [4.69, 9.17) is 21.4 Å². The predicted octanol–water partition coefficient (Wildman–Crippen LogP) is -0.651. The smallest absolute Gasteiger partial charge is 0.256 e. The summed E-state index contributed by atoms with van der Waals surface area (Å²) in [6.07, 6.45) is 7.43. The summed E-state index contributed by atoms with van der Waals surface area (Å²) in [6.45, 7) is 0.972. The first-order valence-electron chi connectivity index (χ1n) is 6.85. The zero-order valence-electron chi connectivity index (χ0n) is 13.0. The van der Waals surface area contributed by atoms with E-state index in [2.05, 4.69) is 30.7 Å². The number of para-hydroxylation sites is 1. The number of aliphatic carboxylic acids is 1. The van der Waals surface area contributed by atoms with Gasteiger partial charge in [0.2, 0.25) is 0 Å². The molecular formula is C16H18BrN5O2. The van der Waals surface area contributed by atoms with Crippen LogP contribution in [-0.4, -0.2) is 22.7 Å². The lowest BCUT2D eigenvalue weighted by Gasteiger charge is -2.08. The lowest BCUT2D eigenvalue weighted by atomic mass is 10.3. The van der Waals surface area contributed by atoms with Crippen LogP contribution in [0.3, 0.4) is 0 Å². The second-order valence-corrected chi connectivity index (χ2v) is 5.29. The third kappa shape index (κ3) is 6.93. The largest absolute Gasteiger partial charge is 0.550 e. The van der Waals surface area contributed by atoms with Gasteiger partial charge in [0.25, 0.3) is 5.96 Å². The number of halogens is 1. The second kappa shape index (κ2) is 10.0. The second-order valence-electron chi connectivity index (χ2n) is 4.44. The summed E-state index contributed by atoms with van der Waals surface area (Å²) in [7, 11) is 0. The van der Waals surface area contributed by atoms with E-state index in [1.54, 1.807) is 6.21 Å². The van der Waals surface area contributed by atoms with Crippen LogP contribution in [0.2, 0.25) is 0 Å². The van der Waals surface area contributed by atoms with Crippen LogP contribution in [0, 0.1) is 0 Å². The zero-order chi connectivity index (χ0) is 17.9. The van der Waals surface area contributed by atoms with Gasteiger partial charge in [0.05, 0.1) is 5.69 Å². The zero-order valence-corrected chi connectivity index (χ0v) is 14.6. The van der Waals surface area contributed by atoms with E-state index in [0.29, 0.717) is 0 Å². The Morgan fingerprint density at radius 3 is 2.58 bits per heavy atom. The van der Waals surface area contributed by atoms with Gasteiger partial charge in [-0.05, 0) is 53.2 Å². The molecule has 0 spiro atoms. The number of aromatic nitrogens is 1. The Kier molecular flexibility index (Phi) is 8.00. The monoisotopic (exact) mass is 391 g/mol. The maximum atomic E-state index is 8.89. The third-order valence-electron chi connectivity index (χ3n) is 2.52. The number of hydrogen-bond donors (Lipinski definition) is 3. The molecule has 0 bridgehead atoms. The number of nitrogens with zero attached hydrogens (tertiary/aromatic N) is 2. The van der Waals surface area contributed by atoms with Crippen LogP contribution in [0.1, 0.15) is 12.6 Å².